The molecule has 23 heavy (non-hydrogen) atoms. The topological polar surface area (TPSA) is 148 Å². The maximum atomic E-state index is 10.5. The van der Waals surface area contributed by atoms with Crippen LogP contribution in [0.2, 0.25) is 0 Å². The maximum Gasteiger partial charge on any atom is 0.221 e. The summed E-state index contributed by atoms with van der Waals surface area (Å²) in [4.78, 5) is 10.5. The van der Waals surface area contributed by atoms with Crippen molar-refractivity contribution in [2.75, 3.05) is 24.1 Å². The number of nitrogens with two attached hydrogens (primary N) is 3. The van der Waals surface area contributed by atoms with Gasteiger partial charge in [-0.3, -0.25) is 4.79 Å². The second-order valence-electron chi connectivity index (χ2n) is 4.40. The van der Waals surface area contributed by atoms with Crippen LogP contribution in [0.4, 0.5) is 11.4 Å². The molecule has 2 aromatic rings. The minimum absolute atomic E-state index is 0.115. The van der Waals surface area contributed by atoms with Crippen LogP contribution in [0.25, 0.3) is 0 Å². The van der Waals surface area contributed by atoms with Gasteiger partial charge >= 0.3 is 0 Å². The van der Waals surface area contributed by atoms with Crippen molar-refractivity contribution < 1.29 is 15.0 Å². The molecule has 126 valence electrons. The number of nitrogens with one attached hydrogen (secondary N) is 1. The summed E-state index contributed by atoms with van der Waals surface area (Å²) in [6.07, 6.45) is 0. The standard InChI is InChI=1S/C8H9NO2.C6H7NO.C2H8N2/c1-6(10)9-7-2-4-8(11)5-3-7;7-5-1-3-6(8)4-2-5;3-1-2-4/h2-5,11H,1H3,(H,9,10);1-4,8H,7H2;1-4H2. The number of phenols is 2. The van der Waals surface area contributed by atoms with E-state index in [9.17, 15) is 4.79 Å². The molecule has 7 nitrogen and oxygen atoms in total. The summed E-state index contributed by atoms with van der Waals surface area (Å²) < 4.78 is 0. The lowest BCUT2D eigenvalue weighted by Gasteiger charge is -1.99. The van der Waals surface area contributed by atoms with Gasteiger partial charge in [-0.25, -0.2) is 0 Å². The summed E-state index contributed by atoms with van der Waals surface area (Å²) in [5.74, 6) is 0.328. The summed E-state index contributed by atoms with van der Waals surface area (Å²) in [6.45, 7) is 2.63. The van der Waals surface area contributed by atoms with Crippen molar-refractivity contribution in [1.82, 2.24) is 0 Å². The first kappa shape index (κ1) is 20.2. The van der Waals surface area contributed by atoms with E-state index in [4.69, 9.17) is 27.4 Å². The molecule has 0 radical (unpaired) electrons. The zero-order chi connectivity index (χ0) is 17.7. The summed E-state index contributed by atoms with van der Waals surface area (Å²) in [5, 5.41) is 20.2. The van der Waals surface area contributed by atoms with Gasteiger partial charge in [0.05, 0.1) is 0 Å². The molecule has 0 spiro atoms. The quantitative estimate of drug-likeness (QED) is 0.362. The molecular formula is C16H24N4O3. The van der Waals surface area contributed by atoms with Crippen LogP contribution in [0.3, 0.4) is 0 Å². The molecule has 0 unspecified atom stereocenters. The van der Waals surface area contributed by atoms with Crippen molar-refractivity contribution in [2.24, 2.45) is 11.5 Å². The van der Waals surface area contributed by atoms with E-state index in [1.165, 1.54) is 19.1 Å². The molecule has 0 heterocycles. The van der Waals surface area contributed by atoms with Crippen molar-refractivity contribution >= 4 is 17.3 Å². The van der Waals surface area contributed by atoms with Gasteiger partial charge < -0.3 is 32.7 Å². The molecule has 7 heteroatoms. The van der Waals surface area contributed by atoms with Crippen molar-refractivity contribution in [1.29, 1.82) is 0 Å². The van der Waals surface area contributed by atoms with E-state index in [1.807, 2.05) is 0 Å². The predicted octanol–water partition coefficient (Wildman–Crippen LogP) is 1.23. The molecule has 0 bridgehead atoms. The number of benzene rings is 2. The third-order valence-electron chi connectivity index (χ3n) is 2.25. The van der Waals surface area contributed by atoms with Gasteiger partial charge in [0.25, 0.3) is 0 Å². The van der Waals surface area contributed by atoms with E-state index < -0.39 is 0 Å². The Kier molecular flexibility index (Phi) is 10.4. The third kappa shape index (κ3) is 11.6. The van der Waals surface area contributed by atoms with Gasteiger partial charge in [0.2, 0.25) is 5.91 Å². The van der Waals surface area contributed by atoms with Gasteiger partial charge in [-0.05, 0) is 48.5 Å². The number of aromatic hydroxyl groups is 2. The first-order chi connectivity index (χ1) is 10.9. The summed E-state index contributed by atoms with van der Waals surface area (Å²) in [6, 6.07) is 12.7. The van der Waals surface area contributed by atoms with Gasteiger partial charge in [-0.2, -0.15) is 0 Å². The van der Waals surface area contributed by atoms with Crippen molar-refractivity contribution in [3.8, 4) is 11.5 Å². The van der Waals surface area contributed by atoms with Crippen LogP contribution in [0, 0.1) is 0 Å². The molecule has 0 atom stereocenters. The van der Waals surface area contributed by atoms with Crippen molar-refractivity contribution in [3.05, 3.63) is 48.5 Å². The molecule has 0 saturated carbocycles. The molecule has 2 aromatic carbocycles. The highest BCUT2D eigenvalue weighted by Gasteiger charge is 1.93. The van der Waals surface area contributed by atoms with E-state index >= 15 is 0 Å². The first-order valence-electron chi connectivity index (χ1n) is 6.90. The van der Waals surface area contributed by atoms with E-state index in [1.54, 1.807) is 36.4 Å². The predicted molar refractivity (Wildman–Crippen MR) is 93.0 cm³/mol. The van der Waals surface area contributed by atoms with Crippen molar-refractivity contribution in [3.63, 3.8) is 0 Å². The molecule has 0 saturated heterocycles. The van der Waals surface area contributed by atoms with Crippen LogP contribution in [-0.2, 0) is 4.79 Å². The zero-order valence-electron chi connectivity index (χ0n) is 13.1. The molecule has 0 aliphatic heterocycles. The molecule has 9 N–H and O–H groups in total. The molecule has 0 aliphatic carbocycles. The number of amides is 1. The lowest BCUT2D eigenvalue weighted by molar-refractivity contribution is -0.114. The zero-order valence-corrected chi connectivity index (χ0v) is 13.1. The van der Waals surface area contributed by atoms with Crippen LogP contribution in [0.5, 0.6) is 11.5 Å². The smallest absolute Gasteiger partial charge is 0.221 e. The lowest BCUT2D eigenvalue weighted by atomic mass is 10.3. The molecule has 0 fully saturated rings. The monoisotopic (exact) mass is 320 g/mol. The van der Waals surface area contributed by atoms with E-state index in [-0.39, 0.29) is 17.4 Å². The maximum absolute atomic E-state index is 10.5. The summed E-state index contributed by atoms with van der Waals surface area (Å²) >= 11 is 0. The fraction of sp³-hybridized carbons (Fsp3) is 0.188. The van der Waals surface area contributed by atoms with Crippen LogP contribution < -0.4 is 22.5 Å². The van der Waals surface area contributed by atoms with Gasteiger partial charge in [0, 0.05) is 31.4 Å². The molecule has 2 rings (SSSR count). The summed E-state index contributed by atoms with van der Waals surface area (Å²) in [7, 11) is 0. The number of carbonyl (C=O) groups excluding carboxylic acids is 1. The number of phenolic OH excluding ortho intramolecular Hbond substituents is 2. The number of carbonyl (C=O) groups is 1. The van der Waals surface area contributed by atoms with Crippen LogP contribution in [-0.4, -0.2) is 29.2 Å². The highest BCUT2D eigenvalue weighted by molar-refractivity contribution is 5.88. The highest BCUT2D eigenvalue weighted by atomic mass is 16.3. The van der Waals surface area contributed by atoms with Crippen molar-refractivity contribution in [2.45, 2.75) is 6.92 Å². The first-order valence-corrected chi connectivity index (χ1v) is 6.90. The fourth-order valence-electron chi connectivity index (χ4n) is 1.22. The number of anilines is 2. The van der Waals surface area contributed by atoms with Gasteiger partial charge in [0.15, 0.2) is 0 Å². The summed E-state index contributed by atoms with van der Waals surface area (Å²) in [5.41, 5.74) is 16.5. The molecule has 0 aromatic heterocycles. The van der Waals surface area contributed by atoms with Gasteiger partial charge in [-0.15, -0.1) is 0 Å². The SMILES string of the molecule is CC(=O)Nc1ccc(O)cc1.NCCN.Nc1ccc(O)cc1. The molecule has 1 amide bonds. The Bertz CT molecular complexity index is 534. The number of rotatable bonds is 2. The highest BCUT2D eigenvalue weighted by Crippen LogP contribution is 2.13. The minimum Gasteiger partial charge on any atom is -0.508 e. The average molecular weight is 320 g/mol. The largest absolute Gasteiger partial charge is 0.508 e. The van der Waals surface area contributed by atoms with E-state index in [2.05, 4.69) is 5.32 Å². The fourth-order valence-corrected chi connectivity index (χ4v) is 1.22. The molecular weight excluding hydrogens is 296 g/mol. The second-order valence-corrected chi connectivity index (χ2v) is 4.40. The Hall–Kier alpha value is -2.77. The van der Waals surface area contributed by atoms with Gasteiger partial charge in [-0.1, -0.05) is 0 Å². The lowest BCUT2D eigenvalue weighted by Crippen LogP contribution is -2.11. The normalized spacial score (nSPS) is 8.83. The van der Waals surface area contributed by atoms with E-state index in [0.717, 1.165) is 0 Å². The Morgan fingerprint density at radius 3 is 1.61 bits per heavy atom. The number of hydrogen-bond donors (Lipinski definition) is 6. The average Bonchev–Trinajstić information content (AvgIpc) is 2.53. The molecule has 0 aliphatic rings. The second kappa shape index (κ2) is 11.8. The Balaban J connectivity index is 0.000000354. The van der Waals surface area contributed by atoms with Crippen LogP contribution in [0.1, 0.15) is 6.92 Å². The number of hydrogen-bond acceptors (Lipinski definition) is 6. The van der Waals surface area contributed by atoms with Gasteiger partial charge in [0.1, 0.15) is 11.5 Å². The number of nitrogen functional groups attached to an aromatic ring is 1. The van der Waals surface area contributed by atoms with Crippen LogP contribution >= 0.6 is 0 Å². The van der Waals surface area contributed by atoms with E-state index in [0.29, 0.717) is 24.5 Å². The Morgan fingerprint density at radius 2 is 1.30 bits per heavy atom. The Morgan fingerprint density at radius 1 is 0.913 bits per heavy atom. The van der Waals surface area contributed by atoms with Crippen LogP contribution in [0.15, 0.2) is 48.5 Å². The third-order valence-corrected chi connectivity index (χ3v) is 2.25. The Labute approximate surface area is 135 Å². The minimum atomic E-state index is -0.115.